The molecule has 3 heterocycles. The van der Waals surface area contributed by atoms with Crippen molar-refractivity contribution in [1.29, 1.82) is 0 Å². The van der Waals surface area contributed by atoms with Crippen LogP contribution in [0.2, 0.25) is 0 Å². The molecule has 8 heteroatoms. The maximum absolute atomic E-state index is 4.50. The van der Waals surface area contributed by atoms with Crippen molar-refractivity contribution < 1.29 is 0 Å². The van der Waals surface area contributed by atoms with Gasteiger partial charge in [0.2, 0.25) is 0 Å². The molecule has 0 amide bonds. The normalized spacial score (nSPS) is 11.2. The second-order valence-electron chi connectivity index (χ2n) is 5.18. The Morgan fingerprint density at radius 2 is 1.92 bits per heavy atom. The molecule has 7 nitrogen and oxygen atoms in total. The number of nitrogens with one attached hydrogen (secondary N) is 1. The van der Waals surface area contributed by atoms with Gasteiger partial charge in [0.25, 0.3) is 0 Å². The Hall–Kier alpha value is -3.13. The van der Waals surface area contributed by atoms with Gasteiger partial charge >= 0.3 is 0 Å². The van der Waals surface area contributed by atoms with E-state index in [2.05, 4.69) is 46.7 Å². The fourth-order valence-electron chi connectivity index (χ4n) is 2.25. The number of hydrogen-bond donors (Lipinski definition) is 1. The van der Waals surface area contributed by atoms with Gasteiger partial charge in [-0.15, -0.1) is 15.3 Å². The van der Waals surface area contributed by atoms with Crippen molar-refractivity contribution in [2.75, 3.05) is 5.43 Å². The average molecular weight is 394 g/mol. The highest BCUT2D eigenvalue weighted by atomic mass is 79.9. The number of hydrazone groups is 1. The first-order valence-corrected chi connectivity index (χ1v) is 8.26. The first-order valence-electron chi connectivity index (χ1n) is 7.47. The maximum atomic E-state index is 4.50. The molecule has 0 spiro atoms. The summed E-state index contributed by atoms with van der Waals surface area (Å²) in [5, 5.41) is 17.1. The van der Waals surface area contributed by atoms with Crippen LogP contribution in [0.3, 0.4) is 0 Å². The van der Waals surface area contributed by atoms with E-state index in [1.165, 1.54) is 0 Å². The van der Waals surface area contributed by atoms with Gasteiger partial charge in [-0.3, -0.25) is 10.4 Å². The summed E-state index contributed by atoms with van der Waals surface area (Å²) in [5.74, 6) is 1.26. The largest absolute Gasteiger partial charge is 0.264 e. The zero-order valence-corrected chi connectivity index (χ0v) is 14.5. The van der Waals surface area contributed by atoms with Crippen molar-refractivity contribution in [3.8, 4) is 11.4 Å². The molecule has 1 N–H and O–H groups in total. The van der Waals surface area contributed by atoms with Crippen molar-refractivity contribution in [3.63, 3.8) is 0 Å². The molecule has 4 rings (SSSR count). The van der Waals surface area contributed by atoms with Crippen molar-refractivity contribution in [2.24, 2.45) is 5.10 Å². The predicted molar refractivity (Wildman–Crippen MR) is 99.4 cm³/mol. The van der Waals surface area contributed by atoms with E-state index in [-0.39, 0.29) is 0 Å². The summed E-state index contributed by atoms with van der Waals surface area (Å²) in [6, 6.07) is 15.2. The van der Waals surface area contributed by atoms with Crippen molar-refractivity contribution in [2.45, 2.75) is 0 Å². The van der Waals surface area contributed by atoms with E-state index in [0.29, 0.717) is 17.3 Å². The molecule has 0 unspecified atom stereocenters. The first kappa shape index (κ1) is 15.4. The van der Waals surface area contributed by atoms with Gasteiger partial charge in [0.15, 0.2) is 17.3 Å². The zero-order chi connectivity index (χ0) is 17.1. The molecule has 4 aromatic rings. The summed E-state index contributed by atoms with van der Waals surface area (Å²) in [4.78, 5) is 4.04. The Morgan fingerprint density at radius 1 is 1.04 bits per heavy atom. The molecule has 0 radical (unpaired) electrons. The molecule has 0 aliphatic rings. The van der Waals surface area contributed by atoms with Crippen LogP contribution >= 0.6 is 15.9 Å². The highest BCUT2D eigenvalue weighted by Gasteiger charge is 2.09. The molecule has 0 atom stereocenters. The van der Waals surface area contributed by atoms with Gasteiger partial charge in [0.05, 0.1) is 6.21 Å². The lowest BCUT2D eigenvalue weighted by molar-refractivity contribution is 0.934. The number of anilines is 1. The van der Waals surface area contributed by atoms with Crippen LogP contribution in [0, 0.1) is 0 Å². The third-order valence-electron chi connectivity index (χ3n) is 3.44. The fraction of sp³-hybridized carbons (Fsp3) is 0. The second-order valence-corrected chi connectivity index (χ2v) is 6.09. The molecular formula is C17H12BrN7. The summed E-state index contributed by atoms with van der Waals surface area (Å²) < 4.78 is 2.69. The molecule has 25 heavy (non-hydrogen) atoms. The number of rotatable bonds is 4. The van der Waals surface area contributed by atoms with Gasteiger partial charge in [0, 0.05) is 28.0 Å². The molecule has 122 valence electrons. The van der Waals surface area contributed by atoms with Gasteiger partial charge < -0.3 is 0 Å². The third kappa shape index (κ3) is 3.38. The van der Waals surface area contributed by atoms with Crippen LogP contribution in [0.5, 0.6) is 0 Å². The number of halogens is 1. The van der Waals surface area contributed by atoms with Gasteiger partial charge in [-0.05, 0) is 30.3 Å². The van der Waals surface area contributed by atoms with Crippen LogP contribution in [0.1, 0.15) is 5.56 Å². The Balaban J connectivity index is 1.62. The molecule has 0 saturated heterocycles. The van der Waals surface area contributed by atoms with Crippen molar-refractivity contribution >= 4 is 33.6 Å². The number of fused-ring (bicyclic) bond motifs is 1. The second kappa shape index (κ2) is 6.78. The molecule has 0 fully saturated rings. The van der Waals surface area contributed by atoms with E-state index in [1.807, 2.05) is 42.5 Å². The van der Waals surface area contributed by atoms with Gasteiger partial charge in [-0.25, -0.2) is 0 Å². The van der Waals surface area contributed by atoms with E-state index in [1.54, 1.807) is 29.2 Å². The van der Waals surface area contributed by atoms with Crippen LogP contribution in [0.4, 0.5) is 5.82 Å². The summed E-state index contributed by atoms with van der Waals surface area (Å²) >= 11 is 3.43. The topological polar surface area (TPSA) is 80.4 Å². The lowest BCUT2D eigenvalue weighted by Gasteiger charge is -2.02. The molecule has 0 bridgehead atoms. The number of benzene rings is 1. The van der Waals surface area contributed by atoms with Crippen LogP contribution < -0.4 is 5.43 Å². The maximum Gasteiger partial charge on any atom is 0.185 e. The highest BCUT2D eigenvalue weighted by Crippen LogP contribution is 2.20. The SMILES string of the molecule is Brc1ccc(-c2nnc3ccc(N/N=C\c4cccnc4)nn23)cc1. The van der Waals surface area contributed by atoms with Crippen molar-refractivity contribution in [3.05, 3.63) is 71.0 Å². The lowest BCUT2D eigenvalue weighted by Crippen LogP contribution is -2.00. The van der Waals surface area contributed by atoms with Gasteiger partial charge in [-0.1, -0.05) is 34.1 Å². The van der Waals surface area contributed by atoms with Crippen molar-refractivity contribution in [1.82, 2.24) is 24.8 Å². The summed E-state index contributed by atoms with van der Waals surface area (Å²) in [6.45, 7) is 0. The quantitative estimate of drug-likeness (QED) is 0.424. The zero-order valence-electron chi connectivity index (χ0n) is 12.9. The lowest BCUT2D eigenvalue weighted by atomic mass is 10.2. The Kier molecular flexibility index (Phi) is 4.17. The number of pyridine rings is 1. The number of aromatic nitrogens is 5. The monoisotopic (exact) mass is 393 g/mol. The molecular weight excluding hydrogens is 382 g/mol. The minimum atomic E-state index is 0.589. The molecule has 1 aromatic carbocycles. The van der Waals surface area contributed by atoms with E-state index in [9.17, 15) is 0 Å². The van der Waals surface area contributed by atoms with E-state index < -0.39 is 0 Å². The Labute approximate surface area is 151 Å². The van der Waals surface area contributed by atoms with Crippen LogP contribution in [-0.2, 0) is 0 Å². The third-order valence-corrected chi connectivity index (χ3v) is 3.97. The average Bonchev–Trinajstić information content (AvgIpc) is 3.07. The van der Waals surface area contributed by atoms with Gasteiger partial charge in [0.1, 0.15) is 0 Å². The fourth-order valence-corrected chi connectivity index (χ4v) is 2.52. The minimum absolute atomic E-state index is 0.589. The predicted octanol–water partition coefficient (Wildman–Crippen LogP) is 3.39. The smallest absolute Gasteiger partial charge is 0.185 e. The van der Waals surface area contributed by atoms with E-state index in [4.69, 9.17) is 0 Å². The van der Waals surface area contributed by atoms with Gasteiger partial charge in [-0.2, -0.15) is 9.62 Å². The summed E-state index contributed by atoms with van der Waals surface area (Å²) in [5.41, 5.74) is 5.40. The molecule has 0 aliphatic carbocycles. The first-order chi connectivity index (χ1) is 12.3. The molecule has 0 aliphatic heterocycles. The molecule has 3 aromatic heterocycles. The highest BCUT2D eigenvalue weighted by molar-refractivity contribution is 9.10. The van der Waals surface area contributed by atoms with Crippen LogP contribution in [0.15, 0.2) is 70.5 Å². The Morgan fingerprint density at radius 3 is 2.72 bits per heavy atom. The van der Waals surface area contributed by atoms with Crippen LogP contribution in [-0.4, -0.2) is 31.0 Å². The number of hydrogen-bond acceptors (Lipinski definition) is 6. The standard InChI is InChI=1S/C17H12BrN7/c18-14-5-3-13(4-6-14)17-23-22-16-8-7-15(24-25(16)17)21-20-11-12-2-1-9-19-10-12/h1-11H,(H,21,24)/b20-11-. The summed E-state index contributed by atoms with van der Waals surface area (Å²) in [7, 11) is 0. The summed E-state index contributed by atoms with van der Waals surface area (Å²) in [6.07, 6.45) is 5.13. The minimum Gasteiger partial charge on any atom is -0.264 e. The van der Waals surface area contributed by atoms with E-state index >= 15 is 0 Å². The Bertz CT molecular complexity index is 1030. The van der Waals surface area contributed by atoms with Crippen LogP contribution in [0.25, 0.3) is 17.0 Å². The number of nitrogens with zero attached hydrogens (tertiary/aromatic N) is 6. The van der Waals surface area contributed by atoms with E-state index in [0.717, 1.165) is 15.6 Å². The molecule has 0 saturated carbocycles.